The fourth-order valence-electron chi connectivity index (χ4n) is 3.41. The topological polar surface area (TPSA) is 81.9 Å². The Balaban J connectivity index is 2.14. The zero-order chi connectivity index (χ0) is 21.1. The molecule has 9 heteroatoms. The second kappa shape index (κ2) is 9.08. The molecule has 156 valence electrons. The monoisotopic (exact) mass is 520 g/mol. The van der Waals surface area contributed by atoms with Crippen LogP contribution in [-0.4, -0.2) is 41.7 Å². The van der Waals surface area contributed by atoms with E-state index in [1.54, 1.807) is 17.0 Å². The van der Waals surface area contributed by atoms with Gasteiger partial charge in [0.1, 0.15) is 12.3 Å². The van der Waals surface area contributed by atoms with Crippen LogP contribution < -0.4 is 0 Å². The number of hydrogen-bond donors (Lipinski definition) is 0. The Morgan fingerprint density at radius 2 is 1.96 bits per heavy atom. The number of nitrogens with zero attached hydrogens (tertiary/aromatic N) is 2. The minimum atomic E-state index is -1.38. The van der Waals surface area contributed by atoms with E-state index in [0.29, 0.717) is 22.5 Å². The molecule has 1 amide bonds. The van der Waals surface area contributed by atoms with Gasteiger partial charge >= 0.3 is 6.09 Å². The molecule has 1 aromatic carbocycles. The summed E-state index contributed by atoms with van der Waals surface area (Å²) in [5, 5.41) is 10.8. The third kappa shape index (κ3) is 5.44. The summed E-state index contributed by atoms with van der Waals surface area (Å²) in [5.41, 5.74) is 0.171. The minimum Gasteiger partial charge on any atom is -0.444 e. The molecule has 1 aliphatic rings. The van der Waals surface area contributed by atoms with Crippen molar-refractivity contribution in [1.82, 2.24) is 4.90 Å². The Bertz CT molecular complexity index is 707. The normalized spacial score (nSPS) is 22.5. The van der Waals surface area contributed by atoms with E-state index in [9.17, 15) is 14.9 Å². The number of benzene rings is 1. The van der Waals surface area contributed by atoms with Gasteiger partial charge in [0, 0.05) is 29.5 Å². The first-order valence-electron chi connectivity index (χ1n) is 9.40. The van der Waals surface area contributed by atoms with Crippen LogP contribution in [0.5, 0.6) is 0 Å². The van der Waals surface area contributed by atoms with Gasteiger partial charge in [0.15, 0.2) is 9.04 Å². The third-order valence-corrected chi connectivity index (χ3v) is 7.18. The number of amides is 1. The first-order chi connectivity index (χ1) is 13.0. The van der Waals surface area contributed by atoms with E-state index >= 15 is 0 Å². The largest absolute Gasteiger partial charge is 0.444 e. The van der Waals surface area contributed by atoms with Crippen molar-refractivity contribution < 1.29 is 18.9 Å². The smallest absolute Gasteiger partial charge is 0.412 e. The first-order valence-corrected chi connectivity index (χ1v) is 13.7. The lowest BCUT2D eigenvalue weighted by molar-refractivity contribution is -0.384. The zero-order valence-electron chi connectivity index (χ0n) is 17.1. The number of hydrogen-bond acceptors (Lipinski definition) is 5. The number of nitro groups is 1. The predicted octanol–water partition coefficient (Wildman–Crippen LogP) is 4.73. The summed E-state index contributed by atoms with van der Waals surface area (Å²) in [6.07, 6.45) is 0.411. The van der Waals surface area contributed by atoms with Gasteiger partial charge in [-0.25, -0.2) is 4.79 Å². The molecule has 0 radical (unpaired) electrons. The number of carbonyl (C=O) groups is 1. The zero-order valence-corrected chi connectivity index (χ0v) is 20.4. The number of nitro benzene ring substituents is 1. The maximum Gasteiger partial charge on any atom is 0.412 e. The van der Waals surface area contributed by atoms with Crippen LogP contribution in [0, 0.1) is 21.4 Å². The first kappa shape index (κ1) is 23.1. The lowest BCUT2D eigenvalue weighted by Gasteiger charge is -2.38. The van der Waals surface area contributed by atoms with Gasteiger partial charge in [0.25, 0.3) is 5.69 Å². The second-order valence-electron chi connectivity index (χ2n) is 8.60. The molecule has 2 rings (SSSR count). The number of non-ortho nitro benzene ring substituents is 1. The Hall–Kier alpha value is -1.20. The number of likely N-dealkylation sites (tertiary alicyclic amines) is 1. The van der Waals surface area contributed by atoms with E-state index in [0.717, 1.165) is 6.42 Å². The molecule has 0 aromatic heterocycles. The number of carbonyl (C=O) groups excluding carboxylic acids is 1. The molecule has 1 saturated heterocycles. The summed E-state index contributed by atoms with van der Waals surface area (Å²) < 4.78 is 12.6. The van der Waals surface area contributed by atoms with Gasteiger partial charge in [-0.3, -0.25) is 15.0 Å². The third-order valence-electron chi connectivity index (χ3n) is 5.08. The quantitative estimate of drug-likeness (QED) is 0.178. The van der Waals surface area contributed by atoms with Crippen LogP contribution in [0.1, 0.15) is 32.8 Å². The summed E-state index contributed by atoms with van der Waals surface area (Å²) >= 11 is 2.30. The molecule has 0 aliphatic carbocycles. The molecule has 7 nitrogen and oxygen atoms in total. The fourth-order valence-corrected chi connectivity index (χ4v) is 5.84. The van der Waals surface area contributed by atoms with E-state index in [-0.39, 0.29) is 17.7 Å². The Labute approximate surface area is 181 Å². The van der Waals surface area contributed by atoms with E-state index in [2.05, 4.69) is 56.5 Å². The molecule has 2 atom stereocenters. The van der Waals surface area contributed by atoms with Crippen LogP contribution in [0.15, 0.2) is 24.3 Å². The van der Waals surface area contributed by atoms with Crippen molar-refractivity contribution in [3.8, 4) is 0 Å². The molecule has 0 saturated carbocycles. The van der Waals surface area contributed by atoms with Gasteiger partial charge in [-0.05, 0) is 42.1 Å². The van der Waals surface area contributed by atoms with Gasteiger partial charge in [-0.2, -0.15) is 0 Å². The van der Waals surface area contributed by atoms with E-state index in [1.807, 2.05) is 0 Å². The van der Waals surface area contributed by atoms with Crippen molar-refractivity contribution in [3.63, 3.8) is 0 Å². The standard InChI is InChI=1S/C19H29IN2O5Si/c1-18(2,3)15-10-19(13-20,27-28(4)5)21(11-15)17(23)26-12-14-6-8-16(9-7-14)22(24)25/h6-9,15,28H,10-13H2,1-5H3/t15-,19-/m0/s1. The van der Waals surface area contributed by atoms with Gasteiger partial charge in [-0.1, -0.05) is 43.4 Å². The number of ether oxygens (including phenoxy) is 1. The Morgan fingerprint density at radius 3 is 2.43 bits per heavy atom. The highest BCUT2D eigenvalue weighted by Gasteiger charge is 2.52. The molecule has 28 heavy (non-hydrogen) atoms. The van der Waals surface area contributed by atoms with Gasteiger partial charge in [0.2, 0.25) is 0 Å². The lowest BCUT2D eigenvalue weighted by atomic mass is 9.79. The predicted molar refractivity (Wildman–Crippen MR) is 119 cm³/mol. The lowest BCUT2D eigenvalue weighted by Crippen LogP contribution is -2.52. The highest BCUT2D eigenvalue weighted by atomic mass is 127. The van der Waals surface area contributed by atoms with E-state index < -0.39 is 25.8 Å². The van der Waals surface area contributed by atoms with Crippen LogP contribution in [0.2, 0.25) is 13.1 Å². The molecule has 0 unspecified atom stereocenters. The fraction of sp³-hybridized carbons (Fsp3) is 0.632. The molecule has 1 aliphatic heterocycles. The van der Waals surface area contributed by atoms with E-state index in [1.165, 1.54) is 12.1 Å². The highest BCUT2D eigenvalue weighted by molar-refractivity contribution is 14.1. The average molecular weight is 520 g/mol. The Morgan fingerprint density at radius 1 is 1.36 bits per heavy atom. The molecule has 0 N–H and O–H groups in total. The summed E-state index contributed by atoms with van der Waals surface area (Å²) in [5.74, 6) is 0.321. The molecule has 1 aromatic rings. The maximum atomic E-state index is 12.9. The van der Waals surface area contributed by atoms with Crippen LogP contribution in [0.25, 0.3) is 0 Å². The SMILES string of the molecule is C[SiH](C)O[C@]1(CI)C[C@H](C(C)(C)C)CN1C(=O)OCc1ccc([N+](=O)[O-])cc1. The van der Waals surface area contributed by atoms with Crippen molar-refractivity contribution in [2.24, 2.45) is 11.3 Å². The Kier molecular flexibility index (Phi) is 7.48. The van der Waals surface area contributed by atoms with Gasteiger partial charge in [-0.15, -0.1) is 0 Å². The summed E-state index contributed by atoms with van der Waals surface area (Å²) in [7, 11) is -1.38. The minimum absolute atomic E-state index is 0.0156. The molecular weight excluding hydrogens is 491 g/mol. The number of halogens is 1. The van der Waals surface area contributed by atoms with Crippen molar-refractivity contribution in [1.29, 1.82) is 0 Å². The van der Waals surface area contributed by atoms with Crippen molar-refractivity contribution in [2.75, 3.05) is 11.0 Å². The van der Waals surface area contributed by atoms with Crippen LogP contribution in [0.3, 0.4) is 0 Å². The second-order valence-corrected chi connectivity index (χ2v) is 11.7. The summed E-state index contributed by atoms with van der Waals surface area (Å²) in [4.78, 5) is 25.0. The molecule has 1 fully saturated rings. The van der Waals surface area contributed by atoms with Crippen molar-refractivity contribution >= 4 is 43.4 Å². The number of alkyl halides is 1. The van der Waals surface area contributed by atoms with Gasteiger partial charge < -0.3 is 9.16 Å². The molecule has 0 bridgehead atoms. The van der Waals surface area contributed by atoms with Gasteiger partial charge in [0.05, 0.1) is 4.92 Å². The van der Waals surface area contributed by atoms with Crippen LogP contribution >= 0.6 is 22.6 Å². The van der Waals surface area contributed by atoms with Crippen molar-refractivity contribution in [3.05, 3.63) is 39.9 Å². The molecule has 0 spiro atoms. The highest BCUT2D eigenvalue weighted by Crippen LogP contribution is 2.44. The molecule has 1 heterocycles. The summed E-state index contributed by atoms with van der Waals surface area (Å²) in [6, 6.07) is 6.04. The van der Waals surface area contributed by atoms with Crippen molar-refractivity contribution in [2.45, 2.75) is 52.6 Å². The average Bonchev–Trinajstić information content (AvgIpc) is 2.99. The van der Waals surface area contributed by atoms with Crippen LogP contribution in [0.4, 0.5) is 10.5 Å². The van der Waals surface area contributed by atoms with Crippen LogP contribution in [-0.2, 0) is 15.8 Å². The number of rotatable bonds is 6. The maximum absolute atomic E-state index is 12.9. The summed E-state index contributed by atoms with van der Waals surface area (Å²) in [6.45, 7) is 11.5. The van der Waals surface area contributed by atoms with E-state index in [4.69, 9.17) is 9.16 Å². The molecular formula is C19H29IN2O5Si.